The van der Waals surface area contributed by atoms with E-state index in [1.807, 2.05) is 18.5 Å². The number of methoxy groups -OCH3 is 1. The van der Waals surface area contributed by atoms with Crippen LogP contribution in [0.25, 0.3) is 0 Å². The van der Waals surface area contributed by atoms with Crippen LogP contribution in [0.2, 0.25) is 0 Å². The number of carbonyl (C=O) groups excluding carboxylic acids is 2. The predicted octanol–water partition coefficient (Wildman–Crippen LogP) is 3.17. The summed E-state index contributed by atoms with van der Waals surface area (Å²) in [6.07, 6.45) is 3.19. The van der Waals surface area contributed by atoms with Gasteiger partial charge in [0.1, 0.15) is 5.56 Å². The van der Waals surface area contributed by atoms with Crippen molar-refractivity contribution in [3.63, 3.8) is 0 Å². The molecule has 1 amide bonds. The normalized spacial score (nSPS) is 18.1. The molecule has 1 saturated heterocycles. The molecule has 1 fully saturated rings. The first-order valence-corrected chi connectivity index (χ1v) is 11.8. The molecule has 1 aromatic heterocycles. The summed E-state index contributed by atoms with van der Waals surface area (Å²) in [5, 5.41) is 7.88. The Bertz CT molecular complexity index is 1060. The van der Waals surface area contributed by atoms with Crippen LogP contribution in [-0.2, 0) is 28.9 Å². The van der Waals surface area contributed by atoms with Gasteiger partial charge in [-0.15, -0.1) is 0 Å². The number of nitrogens with one attached hydrogen (secondary N) is 1. The number of esters is 1. The summed E-state index contributed by atoms with van der Waals surface area (Å²) < 4.78 is 31.9. The van der Waals surface area contributed by atoms with Crippen molar-refractivity contribution in [3.8, 4) is 5.75 Å². The Morgan fingerprint density at radius 1 is 1.35 bits per heavy atom. The Hall–Kier alpha value is -2.94. The summed E-state index contributed by atoms with van der Waals surface area (Å²) in [5.74, 6) is -1.53. The molecule has 1 atom stereocenters. The van der Waals surface area contributed by atoms with Gasteiger partial charge in [-0.05, 0) is 43.2 Å². The van der Waals surface area contributed by atoms with Gasteiger partial charge in [0.15, 0.2) is 11.6 Å². The first kappa shape index (κ1) is 24.2. The molecule has 0 aliphatic carbocycles. The van der Waals surface area contributed by atoms with Crippen molar-refractivity contribution in [2.24, 2.45) is 11.3 Å². The van der Waals surface area contributed by atoms with E-state index in [2.05, 4.69) is 5.32 Å². The van der Waals surface area contributed by atoms with Crippen molar-refractivity contribution >= 4 is 11.9 Å². The molecule has 2 aliphatic rings. The number of aromatic nitrogens is 2. The molecular weight excluding hydrogens is 441 g/mol. The molecule has 2 aromatic rings. The van der Waals surface area contributed by atoms with Gasteiger partial charge in [0, 0.05) is 32.2 Å². The first-order valence-electron chi connectivity index (χ1n) is 11.8. The van der Waals surface area contributed by atoms with E-state index < -0.39 is 11.8 Å². The SMILES string of the molecule is CCc1nn(C[C@@H](C)COC(=O)c2cccc(F)c2OC)c2c1C(=O)NCC1(CCOCC1)C2. The van der Waals surface area contributed by atoms with Crippen LogP contribution in [0.5, 0.6) is 5.75 Å². The van der Waals surface area contributed by atoms with E-state index in [0.717, 1.165) is 30.7 Å². The molecule has 0 radical (unpaired) electrons. The quantitative estimate of drug-likeness (QED) is 0.621. The highest BCUT2D eigenvalue weighted by molar-refractivity contribution is 5.97. The van der Waals surface area contributed by atoms with E-state index in [1.165, 1.54) is 25.3 Å². The second-order valence-electron chi connectivity index (χ2n) is 9.30. The number of fused-ring (bicyclic) bond motifs is 1. The molecule has 8 nitrogen and oxygen atoms in total. The van der Waals surface area contributed by atoms with Gasteiger partial charge in [0.2, 0.25) is 0 Å². The largest absolute Gasteiger partial charge is 0.493 e. The Kier molecular flexibility index (Phi) is 7.21. The summed E-state index contributed by atoms with van der Waals surface area (Å²) in [4.78, 5) is 25.5. The van der Waals surface area contributed by atoms with Gasteiger partial charge in [-0.1, -0.05) is 19.9 Å². The lowest BCUT2D eigenvalue weighted by Gasteiger charge is -2.36. The average Bonchev–Trinajstić information content (AvgIpc) is 3.10. The third-order valence-corrected chi connectivity index (χ3v) is 6.79. The predicted molar refractivity (Wildman–Crippen MR) is 123 cm³/mol. The molecule has 1 spiro atoms. The van der Waals surface area contributed by atoms with E-state index in [4.69, 9.17) is 19.3 Å². The van der Waals surface area contributed by atoms with Crippen LogP contribution in [0.1, 0.15) is 58.8 Å². The van der Waals surface area contributed by atoms with Crippen LogP contribution in [0.3, 0.4) is 0 Å². The molecule has 3 heterocycles. The van der Waals surface area contributed by atoms with Gasteiger partial charge in [-0.3, -0.25) is 9.48 Å². The number of amides is 1. The van der Waals surface area contributed by atoms with Gasteiger partial charge in [0.05, 0.1) is 30.7 Å². The Labute approximate surface area is 198 Å². The standard InChI is InChI=1S/C25H32FN3O5/c1-4-19-21-20(12-25(15-27-23(21)30)8-10-33-11-9-25)29(28-19)13-16(2)14-34-24(31)17-6-5-7-18(26)22(17)32-3/h5-7,16H,4,8-15H2,1-3H3,(H,27,30)/t16-/m1/s1. The molecule has 34 heavy (non-hydrogen) atoms. The monoisotopic (exact) mass is 473 g/mol. The van der Waals surface area contributed by atoms with Crippen LogP contribution in [0.4, 0.5) is 4.39 Å². The first-order chi connectivity index (χ1) is 16.4. The van der Waals surface area contributed by atoms with Crippen LogP contribution in [0, 0.1) is 17.2 Å². The van der Waals surface area contributed by atoms with E-state index in [-0.39, 0.29) is 35.2 Å². The summed E-state index contributed by atoms with van der Waals surface area (Å²) in [6.45, 7) is 6.58. The lowest BCUT2D eigenvalue weighted by molar-refractivity contribution is 0.0151. The molecule has 0 saturated carbocycles. The van der Waals surface area contributed by atoms with Crippen molar-refractivity contribution in [2.75, 3.05) is 33.5 Å². The summed E-state index contributed by atoms with van der Waals surface area (Å²) in [6, 6.07) is 4.15. The molecule has 4 rings (SSSR count). The fourth-order valence-electron chi connectivity index (χ4n) is 4.84. The third kappa shape index (κ3) is 4.80. The summed E-state index contributed by atoms with van der Waals surface area (Å²) in [7, 11) is 1.31. The van der Waals surface area contributed by atoms with Crippen LogP contribution < -0.4 is 10.1 Å². The highest BCUT2D eigenvalue weighted by atomic mass is 19.1. The smallest absolute Gasteiger partial charge is 0.342 e. The number of rotatable bonds is 7. The number of nitrogens with zero attached hydrogens (tertiary/aromatic N) is 2. The number of hydrogen-bond donors (Lipinski definition) is 1. The molecule has 1 N–H and O–H groups in total. The van der Waals surface area contributed by atoms with Crippen molar-refractivity contribution in [3.05, 3.63) is 46.5 Å². The van der Waals surface area contributed by atoms with E-state index >= 15 is 0 Å². The zero-order valence-corrected chi connectivity index (χ0v) is 20.0. The van der Waals surface area contributed by atoms with E-state index in [1.54, 1.807) is 0 Å². The minimum Gasteiger partial charge on any atom is -0.493 e. The molecule has 9 heteroatoms. The van der Waals surface area contributed by atoms with Crippen molar-refractivity contribution in [2.45, 2.75) is 46.1 Å². The van der Waals surface area contributed by atoms with Gasteiger partial charge >= 0.3 is 5.97 Å². The third-order valence-electron chi connectivity index (χ3n) is 6.79. The molecule has 1 aromatic carbocycles. The summed E-state index contributed by atoms with van der Waals surface area (Å²) in [5.41, 5.74) is 2.42. The zero-order chi connectivity index (χ0) is 24.3. The average molecular weight is 474 g/mol. The number of ether oxygens (including phenoxy) is 3. The fraction of sp³-hybridized carbons (Fsp3) is 0.560. The van der Waals surface area contributed by atoms with Crippen LogP contribution in [-0.4, -0.2) is 55.1 Å². The molecule has 0 unspecified atom stereocenters. The van der Waals surface area contributed by atoms with Gasteiger partial charge in [-0.2, -0.15) is 5.10 Å². The van der Waals surface area contributed by atoms with Crippen LogP contribution in [0.15, 0.2) is 18.2 Å². The molecule has 2 aliphatic heterocycles. The van der Waals surface area contributed by atoms with Crippen molar-refractivity contribution < 1.29 is 28.2 Å². The maximum Gasteiger partial charge on any atom is 0.342 e. The number of benzene rings is 1. The molecular formula is C25H32FN3O5. The summed E-state index contributed by atoms with van der Waals surface area (Å²) >= 11 is 0. The maximum absolute atomic E-state index is 13.9. The van der Waals surface area contributed by atoms with E-state index in [0.29, 0.717) is 38.3 Å². The second kappa shape index (κ2) is 10.1. The van der Waals surface area contributed by atoms with Crippen LogP contribution >= 0.6 is 0 Å². The van der Waals surface area contributed by atoms with E-state index in [9.17, 15) is 14.0 Å². The number of aryl methyl sites for hydroxylation is 1. The highest BCUT2D eigenvalue weighted by Crippen LogP contribution is 2.37. The van der Waals surface area contributed by atoms with Gasteiger partial charge in [-0.25, -0.2) is 9.18 Å². The zero-order valence-electron chi connectivity index (χ0n) is 20.0. The molecule has 184 valence electrons. The lowest BCUT2D eigenvalue weighted by atomic mass is 9.76. The van der Waals surface area contributed by atoms with Gasteiger partial charge in [0.25, 0.3) is 5.91 Å². The van der Waals surface area contributed by atoms with Gasteiger partial charge < -0.3 is 19.5 Å². The Morgan fingerprint density at radius 2 is 2.12 bits per heavy atom. The lowest BCUT2D eigenvalue weighted by Crippen LogP contribution is -2.41. The second-order valence-corrected chi connectivity index (χ2v) is 9.30. The number of hydrogen-bond acceptors (Lipinski definition) is 6. The highest BCUT2D eigenvalue weighted by Gasteiger charge is 2.39. The Balaban J connectivity index is 1.50. The number of carbonyl (C=O) groups is 2. The minimum atomic E-state index is -0.641. The topological polar surface area (TPSA) is 91.7 Å². The van der Waals surface area contributed by atoms with Crippen molar-refractivity contribution in [1.82, 2.24) is 15.1 Å². The fourth-order valence-corrected chi connectivity index (χ4v) is 4.84. The number of para-hydroxylation sites is 1. The number of halogens is 1. The minimum absolute atomic E-state index is 0.0361. The molecule has 0 bridgehead atoms. The maximum atomic E-state index is 13.9. The van der Waals surface area contributed by atoms with Crippen molar-refractivity contribution in [1.29, 1.82) is 0 Å². The Morgan fingerprint density at radius 3 is 2.82 bits per heavy atom.